The number of hydrogen-bond acceptors (Lipinski definition) is 8. The standard InChI is InChI=1S/C30H28O8S2/c31-39(32,35-26-10-4-1-5-11-26)37-28-18-14-24(15-19-28)30(22-8-3-9-23-30)25-16-20-29(21-17-25)38-40(33,34)36-27-12-6-2-7-13-27/h1-2,4-7,10-21H,3,8-9,22-23H2. The first kappa shape index (κ1) is 27.5. The molecule has 0 spiro atoms. The van der Waals surface area contributed by atoms with Gasteiger partial charge in [0.05, 0.1) is 0 Å². The molecule has 1 fully saturated rings. The quantitative estimate of drug-likeness (QED) is 0.214. The van der Waals surface area contributed by atoms with Crippen molar-refractivity contribution in [3.05, 3.63) is 120 Å². The highest BCUT2D eigenvalue weighted by Gasteiger charge is 2.36. The molecule has 5 rings (SSSR count). The molecule has 1 aliphatic carbocycles. The summed E-state index contributed by atoms with van der Waals surface area (Å²) in [5.41, 5.74) is 1.69. The van der Waals surface area contributed by atoms with Gasteiger partial charge >= 0.3 is 20.8 Å². The Balaban J connectivity index is 1.33. The van der Waals surface area contributed by atoms with Gasteiger partial charge in [0.2, 0.25) is 0 Å². The zero-order valence-electron chi connectivity index (χ0n) is 21.5. The highest BCUT2D eigenvalue weighted by Crippen LogP contribution is 2.45. The lowest BCUT2D eigenvalue weighted by Crippen LogP contribution is -2.30. The number of benzene rings is 4. The van der Waals surface area contributed by atoms with Crippen molar-refractivity contribution in [2.45, 2.75) is 37.5 Å². The average molecular weight is 581 g/mol. The maximum Gasteiger partial charge on any atom is 0.500 e. The molecule has 0 amide bonds. The molecule has 0 bridgehead atoms. The molecular weight excluding hydrogens is 552 g/mol. The maximum absolute atomic E-state index is 12.4. The van der Waals surface area contributed by atoms with Crippen LogP contribution in [-0.4, -0.2) is 16.8 Å². The van der Waals surface area contributed by atoms with E-state index in [9.17, 15) is 16.8 Å². The van der Waals surface area contributed by atoms with Crippen LogP contribution in [0.5, 0.6) is 23.0 Å². The molecule has 8 nitrogen and oxygen atoms in total. The lowest BCUT2D eigenvalue weighted by molar-refractivity contribution is 0.345. The van der Waals surface area contributed by atoms with Crippen LogP contribution in [0.3, 0.4) is 0 Å². The number of rotatable bonds is 10. The molecular formula is C30H28O8S2. The van der Waals surface area contributed by atoms with Gasteiger partial charge in [-0.1, -0.05) is 79.9 Å². The maximum atomic E-state index is 12.4. The predicted molar refractivity (Wildman–Crippen MR) is 150 cm³/mol. The SMILES string of the molecule is O=S(=O)(Oc1ccccc1)Oc1ccc(C2(c3ccc(OS(=O)(=O)Oc4ccccc4)cc3)CCCCC2)cc1. The normalized spacial score (nSPS) is 15.1. The Morgan fingerprint density at radius 2 is 0.750 bits per heavy atom. The summed E-state index contributed by atoms with van der Waals surface area (Å²) in [7, 11) is -8.61. The fourth-order valence-electron chi connectivity index (χ4n) is 5.02. The first-order valence-corrected chi connectivity index (χ1v) is 15.5. The highest BCUT2D eigenvalue weighted by molar-refractivity contribution is 7.82. The van der Waals surface area contributed by atoms with Gasteiger partial charge in [0.1, 0.15) is 23.0 Å². The summed E-state index contributed by atoms with van der Waals surface area (Å²) in [6.07, 6.45) is 4.94. The molecule has 0 N–H and O–H groups in total. The minimum absolute atomic E-state index is 0.137. The van der Waals surface area contributed by atoms with Gasteiger partial charge in [-0.25, -0.2) is 0 Å². The van der Waals surface area contributed by atoms with E-state index in [1.807, 2.05) is 24.3 Å². The van der Waals surface area contributed by atoms with Crippen molar-refractivity contribution in [2.24, 2.45) is 0 Å². The summed E-state index contributed by atoms with van der Waals surface area (Å²) in [5, 5.41) is 0. The highest BCUT2D eigenvalue weighted by atomic mass is 32.3. The second-order valence-corrected chi connectivity index (χ2v) is 11.8. The minimum Gasteiger partial charge on any atom is -0.353 e. The molecule has 1 saturated carbocycles. The van der Waals surface area contributed by atoms with Gasteiger partial charge in [0.25, 0.3) is 0 Å². The molecule has 1 aliphatic rings. The van der Waals surface area contributed by atoms with Crippen molar-refractivity contribution in [1.29, 1.82) is 0 Å². The largest absolute Gasteiger partial charge is 0.500 e. The van der Waals surface area contributed by atoms with Crippen molar-refractivity contribution >= 4 is 20.8 Å². The van der Waals surface area contributed by atoms with Crippen LogP contribution in [0.15, 0.2) is 109 Å². The van der Waals surface area contributed by atoms with E-state index in [1.165, 1.54) is 24.3 Å². The van der Waals surface area contributed by atoms with Crippen LogP contribution in [0.2, 0.25) is 0 Å². The van der Waals surface area contributed by atoms with Crippen molar-refractivity contribution < 1.29 is 33.6 Å². The molecule has 0 saturated heterocycles. The average Bonchev–Trinajstić information content (AvgIpc) is 2.94. The fraction of sp³-hybridized carbons (Fsp3) is 0.200. The topological polar surface area (TPSA) is 105 Å². The molecule has 0 atom stereocenters. The first-order chi connectivity index (χ1) is 19.2. The number of para-hydroxylation sites is 2. The van der Waals surface area contributed by atoms with E-state index in [4.69, 9.17) is 16.7 Å². The van der Waals surface area contributed by atoms with Crippen molar-refractivity contribution in [3.8, 4) is 23.0 Å². The van der Waals surface area contributed by atoms with E-state index >= 15 is 0 Å². The zero-order valence-corrected chi connectivity index (χ0v) is 23.1. The van der Waals surface area contributed by atoms with Crippen molar-refractivity contribution in [2.75, 3.05) is 0 Å². The lowest BCUT2D eigenvalue weighted by atomic mass is 9.65. The molecule has 0 heterocycles. The third-order valence-corrected chi connectivity index (χ3v) is 8.39. The van der Waals surface area contributed by atoms with E-state index in [1.54, 1.807) is 60.7 Å². The summed E-state index contributed by atoms with van der Waals surface area (Å²) < 4.78 is 69.8. The van der Waals surface area contributed by atoms with Crippen LogP contribution in [-0.2, 0) is 26.2 Å². The Bertz CT molecular complexity index is 1490. The second-order valence-electron chi connectivity index (χ2n) is 9.47. The van der Waals surface area contributed by atoms with E-state index < -0.39 is 20.8 Å². The third kappa shape index (κ3) is 6.75. The van der Waals surface area contributed by atoms with Gasteiger partial charge in [-0.15, -0.1) is 16.8 Å². The van der Waals surface area contributed by atoms with Crippen LogP contribution >= 0.6 is 0 Å². The van der Waals surface area contributed by atoms with Crippen LogP contribution in [0.25, 0.3) is 0 Å². The molecule has 4 aromatic carbocycles. The summed E-state index contributed by atoms with van der Waals surface area (Å²) in [6, 6.07) is 30.2. The zero-order chi connectivity index (χ0) is 28.1. The van der Waals surface area contributed by atoms with Gasteiger partial charge in [-0.3, -0.25) is 0 Å². The van der Waals surface area contributed by atoms with Gasteiger partial charge in [0.15, 0.2) is 0 Å². The van der Waals surface area contributed by atoms with Crippen molar-refractivity contribution in [3.63, 3.8) is 0 Å². The Labute approximate surface area is 234 Å². The van der Waals surface area contributed by atoms with E-state index in [0.717, 1.165) is 43.2 Å². The fourth-order valence-corrected chi connectivity index (χ4v) is 6.47. The first-order valence-electron chi connectivity index (χ1n) is 12.8. The number of hydrogen-bond donors (Lipinski definition) is 0. The molecule has 0 aromatic heterocycles. The molecule has 10 heteroatoms. The van der Waals surface area contributed by atoms with Crippen LogP contribution in [0.1, 0.15) is 43.2 Å². The molecule has 4 aromatic rings. The van der Waals surface area contributed by atoms with E-state index in [-0.39, 0.29) is 28.4 Å². The van der Waals surface area contributed by atoms with E-state index in [0.29, 0.717) is 0 Å². The van der Waals surface area contributed by atoms with Crippen LogP contribution in [0.4, 0.5) is 0 Å². The van der Waals surface area contributed by atoms with Gasteiger partial charge in [-0.2, -0.15) is 0 Å². The Kier molecular flexibility index (Phi) is 7.99. The third-order valence-electron chi connectivity index (χ3n) is 6.80. The summed E-state index contributed by atoms with van der Waals surface area (Å²) in [4.78, 5) is 0. The van der Waals surface area contributed by atoms with Gasteiger partial charge in [-0.05, 0) is 72.5 Å². The molecule has 0 radical (unpaired) electrons. The molecule has 0 unspecified atom stereocenters. The Morgan fingerprint density at radius 1 is 0.425 bits per heavy atom. The van der Waals surface area contributed by atoms with Crippen LogP contribution < -0.4 is 16.7 Å². The Hall–Kier alpha value is -4.02. The molecule has 40 heavy (non-hydrogen) atoms. The smallest absolute Gasteiger partial charge is 0.353 e. The van der Waals surface area contributed by atoms with Crippen molar-refractivity contribution in [1.82, 2.24) is 0 Å². The van der Waals surface area contributed by atoms with Gasteiger partial charge < -0.3 is 16.7 Å². The summed E-state index contributed by atoms with van der Waals surface area (Å²) in [5.74, 6) is 0.593. The lowest BCUT2D eigenvalue weighted by Gasteiger charge is -2.38. The predicted octanol–water partition coefficient (Wildman–Crippen LogP) is 6.34. The van der Waals surface area contributed by atoms with Gasteiger partial charge in [0, 0.05) is 5.41 Å². The summed E-state index contributed by atoms with van der Waals surface area (Å²) >= 11 is 0. The Morgan fingerprint density at radius 3 is 1.10 bits per heavy atom. The molecule has 208 valence electrons. The van der Waals surface area contributed by atoms with Crippen LogP contribution in [0, 0.1) is 0 Å². The summed E-state index contributed by atoms with van der Waals surface area (Å²) in [6.45, 7) is 0. The molecule has 0 aliphatic heterocycles. The second kappa shape index (κ2) is 11.6. The minimum atomic E-state index is -4.31. The van der Waals surface area contributed by atoms with E-state index in [2.05, 4.69) is 0 Å². The monoisotopic (exact) mass is 580 g/mol.